The molecule has 7 atom stereocenters. The third-order valence-electron chi connectivity index (χ3n) is 9.13. The first kappa shape index (κ1) is 37.9. The molecule has 0 saturated heterocycles. The van der Waals surface area contributed by atoms with Crippen molar-refractivity contribution in [3.8, 4) is 5.75 Å². The van der Waals surface area contributed by atoms with E-state index in [1.54, 1.807) is 50.2 Å². The molecule has 13 nitrogen and oxygen atoms in total. The largest absolute Gasteiger partial charge is 0.508 e. The van der Waals surface area contributed by atoms with Crippen molar-refractivity contribution in [1.82, 2.24) is 15.5 Å². The van der Waals surface area contributed by atoms with Crippen molar-refractivity contribution < 1.29 is 43.3 Å². The molecule has 0 aliphatic carbocycles. The van der Waals surface area contributed by atoms with E-state index >= 15 is 0 Å². The number of nitrogens with zero attached hydrogens (tertiary/aromatic N) is 1. The Morgan fingerprint density at radius 2 is 1.62 bits per heavy atom. The number of amides is 4. The van der Waals surface area contributed by atoms with Crippen molar-refractivity contribution in [3.05, 3.63) is 71.3 Å². The van der Waals surface area contributed by atoms with E-state index in [-0.39, 0.29) is 30.4 Å². The molecule has 0 unspecified atom stereocenters. The molecule has 0 fully saturated rings. The van der Waals surface area contributed by atoms with Gasteiger partial charge in [0.2, 0.25) is 23.5 Å². The zero-order valence-electron chi connectivity index (χ0n) is 29.6. The van der Waals surface area contributed by atoms with Gasteiger partial charge in [-0.1, -0.05) is 55.8 Å². The van der Waals surface area contributed by atoms with Crippen LogP contribution in [-0.2, 0) is 39.2 Å². The van der Waals surface area contributed by atoms with E-state index in [0.29, 0.717) is 29.7 Å². The Kier molecular flexibility index (Phi) is 12.3. The van der Waals surface area contributed by atoms with Gasteiger partial charge in [0.05, 0.1) is 24.3 Å². The number of hydrogen-bond donors (Lipinski definition) is 4. The van der Waals surface area contributed by atoms with Crippen LogP contribution >= 0.6 is 0 Å². The SMILES string of the molecule is CO[C@]1(C[C@@H]2C(=O)N[C@@H](c3ccc(O)cc3)CC(=O)O[C@@H](C)C[C@@H](C)/C=C(\C)C[C@H](C)C(=O)N[C@@H](C)C(=O)N2C)OC(=O)Nc2ccccc21. The highest BCUT2D eigenvalue weighted by Crippen LogP contribution is 2.41. The fourth-order valence-corrected chi connectivity index (χ4v) is 6.62. The molecule has 2 aromatic rings. The summed E-state index contributed by atoms with van der Waals surface area (Å²) in [6, 6.07) is 9.49. The van der Waals surface area contributed by atoms with Gasteiger partial charge < -0.3 is 34.9 Å². The summed E-state index contributed by atoms with van der Waals surface area (Å²) in [5.74, 6) is -4.39. The summed E-state index contributed by atoms with van der Waals surface area (Å²) < 4.78 is 17.3. The molecule has 13 heteroatoms. The van der Waals surface area contributed by atoms with E-state index in [2.05, 4.69) is 16.0 Å². The van der Waals surface area contributed by atoms with Crippen LogP contribution in [0.1, 0.15) is 77.5 Å². The van der Waals surface area contributed by atoms with Gasteiger partial charge in [-0.25, -0.2) is 4.79 Å². The molecule has 2 aliphatic heterocycles. The number of methoxy groups -OCH3 is 1. The van der Waals surface area contributed by atoms with Crippen LogP contribution in [0.15, 0.2) is 60.2 Å². The van der Waals surface area contributed by atoms with Gasteiger partial charge in [0.25, 0.3) is 0 Å². The average Bonchev–Trinajstić information content (AvgIpc) is 3.05. The summed E-state index contributed by atoms with van der Waals surface area (Å²) in [4.78, 5) is 68.9. The number of cyclic esters (lactones) is 2. The molecule has 4 rings (SSSR count). The van der Waals surface area contributed by atoms with E-state index in [4.69, 9.17) is 14.2 Å². The van der Waals surface area contributed by atoms with Crippen LogP contribution in [0.3, 0.4) is 0 Å². The number of anilines is 1. The lowest BCUT2D eigenvalue weighted by atomic mass is 9.93. The Morgan fingerprint density at radius 1 is 0.940 bits per heavy atom. The highest BCUT2D eigenvalue weighted by atomic mass is 16.7. The van der Waals surface area contributed by atoms with Gasteiger partial charge in [-0.2, -0.15) is 0 Å². The number of carbonyl (C=O) groups is 5. The Labute approximate surface area is 292 Å². The maximum absolute atomic E-state index is 14.4. The van der Waals surface area contributed by atoms with Gasteiger partial charge in [-0.15, -0.1) is 0 Å². The lowest BCUT2D eigenvalue weighted by molar-refractivity contribution is -0.206. The molecule has 2 heterocycles. The van der Waals surface area contributed by atoms with Gasteiger partial charge in [-0.3, -0.25) is 24.5 Å². The first-order valence-corrected chi connectivity index (χ1v) is 16.8. The van der Waals surface area contributed by atoms with Crippen molar-refractivity contribution in [1.29, 1.82) is 0 Å². The smallest absolute Gasteiger partial charge is 0.414 e. The van der Waals surface area contributed by atoms with E-state index in [1.807, 2.05) is 19.9 Å². The quantitative estimate of drug-likeness (QED) is 0.263. The lowest BCUT2D eigenvalue weighted by Gasteiger charge is -2.41. The number of likely N-dealkylation sites (N-methyl/N-ethyl adjacent to an activating group) is 1. The second-order valence-electron chi connectivity index (χ2n) is 13.4. The van der Waals surface area contributed by atoms with E-state index in [1.165, 1.54) is 38.1 Å². The lowest BCUT2D eigenvalue weighted by Crippen LogP contribution is -2.57. The second-order valence-corrected chi connectivity index (χ2v) is 13.4. The molecule has 0 aromatic heterocycles. The maximum atomic E-state index is 14.4. The van der Waals surface area contributed by atoms with Crippen LogP contribution in [0, 0.1) is 11.8 Å². The summed E-state index contributed by atoms with van der Waals surface area (Å²) in [6.07, 6.45) is 1.17. The molecule has 50 heavy (non-hydrogen) atoms. The number of carbonyl (C=O) groups excluding carboxylic acids is 5. The highest BCUT2D eigenvalue weighted by molar-refractivity contribution is 5.93. The minimum Gasteiger partial charge on any atom is -0.508 e. The first-order valence-electron chi connectivity index (χ1n) is 16.8. The van der Waals surface area contributed by atoms with Crippen LogP contribution in [0.4, 0.5) is 10.5 Å². The number of nitrogens with one attached hydrogen (secondary N) is 3. The standard InChI is InChI=1S/C37H48N4O9/c1-21-16-22(2)18-24(4)49-32(43)19-30(26-12-14-27(42)15-13-26)39-34(45)31(41(6)35(46)25(5)38-33(44)23(3)17-21)20-37(48-7)28-10-8-9-11-29(28)40-36(47)50-37/h8-16,22-25,30-31,42H,17-20H2,1-7H3,(H,38,44)(H,39,45)(H,40,47)/b21-16+/t22-,23-,24-,25-,30+,31+,37+/m0/s1. The monoisotopic (exact) mass is 692 g/mol. The van der Waals surface area contributed by atoms with Crippen molar-refractivity contribution in [2.45, 2.75) is 90.3 Å². The number of phenolic OH excluding ortho intramolecular Hbond substituents is 1. The number of para-hydroxylation sites is 1. The Hall–Kier alpha value is -4.91. The van der Waals surface area contributed by atoms with Crippen LogP contribution in [0.25, 0.3) is 0 Å². The van der Waals surface area contributed by atoms with Gasteiger partial charge in [-0.05, 0) is 63.3 Å². The van der Waals surface area contributed by atoms with Gasteiger partial charge >= 0.3 is 12.1 Å². The minimum atomic E-state index is -1.80. The summed E-state index contributed by atoms with van der Waals surface area (Å²) in [6.45, 7) is 9.04. The molecular weight excluding hydrogens is 644 g/mol. The Balaban J connectivity index is 1.78. The third kappa shape index (κ3) is 9.20. The molecule has 0 saturated carbocycles. The summed E-state index contributed by atoms with van der Waals surface area (Å²) in [5.41, 5.74) is 2.31. The number of allylic oxidation sites excluding steroid dienone is 2. The molecular formula is C37H48N4O9. The van der Waals surface area contributed by atoms with Crippen molar-refractivity contribution >= 4 is 35.5 Å². The number of fused-ring (bicyclic) bond motifs is 1. The third-order valence-corrected chi connectivity index (χ3v) is 9.13. The number of esters is 1. The zero-order chi connectivity index (χ0) is 36.7. The van der Waals surface area contributed by atoms with Crippen LogP contribution in [-0.4, -0.2) is 72.1 Å². The molecule has 270 valence electrons. The second kappa shape index (κ2) is 16.2. The van der Waals surface area contributed by atoms with Crippen molar-refractivity contribution in [2.24, 2.45) is 11.8 Å². The normalized spacial score (nSPS) is 30.1. The Bertz CT molecular complexity index is 1610. The molecule has 2 aliphatic rings. The molecule has 0 radical (unpaired) electrons. The average molecular weight is 693 g/mol. The van der Waals surface area contributed by atoms with Gasteiger partial charge in [0.1, 0.15) is 17.8 Å². The van der Waals surface area contributed by atoms with E-state index in [9.17, 15) is 29.1 Å². The zero-order valence-corrected chi connectivity index (χ0v) is 29.6. The van der Waals surface area contributed by atoms with Gasteiger partial charge in [0, 0.05) is 32.1 Å². The van der Waals surface area contributed by atoms with E-state index in [0.717, 1.165) is 5.57 Å². The minimum absolute atomic E-state index is 0.00768. The number of phenols is 1. The predicted octanol–water partition coefficient (Wildman–Crippen LogP) is 4.67. The number of hydrogen-bond acceptors (Lipinski definition) is 9. The fraction of sp³-hybridized carbons (Fsp3) is 0.486. The van der Waals surface area contributed by atoms with Crippen molar-refractivity contribution in [3.63, 3.8) is 0 Å². The number of benzene rings is 2. The number of ether oxygens (including phenoxy) is 3. The predicted molar refractivity (Wildman–Crippen MR) is 184 cm³/mol. The molecule has 0 spiro atoms. The number of rotatable bonds is 4. The molecule has 4 N–H and O–H groups in total. The summed E-state index contributed by atoms with van der Waals surface area (Å²) in [5, 5.41) is 18.3. The Morgan fingerprint density at radius 3 is 2.30 bits per heavy atom. The van der Waals surface area contributed by atoms with Crippen LogP contribution in [0.2, 0.25) is 0 Å². The van der Waals surface area contributed by atoms with Crippen LogP contribution < -0.4 is 16.0 Å². The molecule has 2 aromatic carbocycles. The van der Waals surface area contributed by atoms with Crippen molar-refractivity contribution in [2.75, 3.05) is 19.5 Å². The summed E-state index contributed by atoms with van der Waals surface area (Å²) in [7, 11) is 2.75. The molecule has 0 bridgehead atoms. The first-order chi connectivity index (χ1) is 23.6. The van der Waals surface area contributed by atoms with Crippen LogP contribution in [0.5, 0.6) is 5.75 Å². The highest BCUT2D eigenvalue weighted by Gasteiger charge is 2.48. The number of aromatic hydroxyl groups is 1. The maximum Gasteiger partial charge on any atom is 0.414 e. The molecule has 4 amide bonds. The van der Waals surface area contributed by atoms with Gasteiger partial charge in [0.15, 0.2) is 0 Å². The topological polar surface area (TPSA) is 173 Å². The summed E-state index contributed by atoms with van der Waals surface area (Å²) >= 11 is 0. The fourth-order valence-electron chi connectivity index (χ4n) is 6.62. The van der Waals surface area contributed by atoms with E-state index < -0.39 is 59.8 Å².